The van der Waals surface area contributed by atoms with Crippen molar-refractivity contribution in [1.82, 2.24) is 15.3 Å². The standard InChI is InChI=1S/C26H52FN3O5/c1-10-29(11-2)17-18-30(27)23(32)33-19-15-13-12-14-16-28-22(31)26(8,9)35-21-25(6,7)34-20-24(3,4)5/h10-21H2,1-9H3,(H,28,31). The highest BCUT2D eigenvalue weighted by molar-refractivity contribution is 5.84. The maximum atomic E-state index is 13.8. The van der Waals surface area contributed by atoms with Crippen LogP contribution >= 0.6 is 0 Å². The van der Waals surface area contributed by atoms with Gasteiger partial charge in [0.1, 0.15) is 5.60 Å². The topological polar surface area (TPSA) is 80.3 Å². The second kappa shape index (κ2) is 16.3. The Balaban J connectivity index is 3.99. The van der Waals surface area contributed by atoms with Gasteiger partial charge >= 0.3 is 6.09 Å². The smallest absolute Gasteiger partial charge is 0.438 e. The van der Waals surface area contributed by atoms with E-state index in [4.69, 9.17) is 14.2 Å². The summed E-state index contributed by atoms with van der Waals surface area (Å²) in [5, 5.41) is 3.06. The second-order valence-corrected chi connectivity index (χ2v) is 11.3. The van der Waals surface area contributed by atoms with Crippen LogP contribution in [-0.4, -0.2) is 85.8 Å². The van der Waals surface area contributed by atoms with Crippen molar-refractivity contribution in [2.75, 3.05) is 52.5 Å². The molecular weight excluding hydrogens is 453 g/mol. The first kappa shape index (κ1) is 33.5. The molecule has 0 aliphatic carbocycles. The Morgan fingerprint density at radius 1 is 0.829 bits per heavy atom. The first-order valence-corrected chi connectivity index (χ1v) is 13.0. The van der Waals surface area contributed by atoms with Gasteiger partial charge in [0.15, 0.2) is 0 Å². The molecule has 9 heteroatoms. The monoisotopic (exact) mass is 505 g/mol. The van der Waals surface area contributed by atoms with Gasteiger partial charge < -0.3 is 24.4 Å². The zero-order chi connectivity index (χ0) is 27.1. The molecule has 8 nitrogen and oxygen atoms in total. The molecule has 0 saturated heterocycles. The number of likely N-dealkylation sites (N-methyl/N-ethyl adjacent to an activating group) is 1. The lowest BCUT2D eigenvalue weighted by molar-refractivity contribution is -0.158. The predicted octanol–water partition coefficient (Wildman–Crippen LogP) is 4.96. The van der Waals surface area contributed by atoms with Gasteiger partial charge in [-0.1, -0.05) is 45.5 Å². The number of halogens is 1. The van der Waals surface area contributed by atoms with Gasteiger partial charge in [0.2, 0.25) is 0 Å². The molecule has 208 valence electrons. The number of carbonyl (C=O) groups excluding carboxylic acids is 2. The minimum Gasteiger partial charge on any atom is -0.448 e. The maximum absolute atomic E-state index is 13.8. The summed E-state index contributed by atoms with van der Waals surface area (Å²) < 4.78 is 30.6. The van der Waals surface area contributed by atoms with Gasteiger partial charge in [-0.3, -0.25) is 4.79 Å². The van der Waals surface area contributed by atoms with E-state index in [1.807, 2.05) is 32.6 Å². The van der Waals surface area contributed by atoms with Crippen molar-refractivity contribution < 1.29 is 28.3 Å². The Hall–Kier alpha value is -1.45. The Morgan fingerprint density at radius 2 is 1.43 bits per heavy atom. The van der Waals surface area contributed by atoms with Crippen molar-refractivity contribution in [3.63, 3.8) is 0 Å². The number of unbranched alkanes of at least 4 members (excludes halogenated alkanes) is 3. The fourth-order valence-corrected chi connectivity index (χ4v) is 2.96. The normalized spacial score (nSPS) is 12.7. The van der Waals surface area contributed by atoms with Crippen molar-refractivity contribution in [2.45, 2.75) is 99.2 Å². The molecule has 1 N–H and O–H groups in total. The Labute approximate surface area is 213 Å². The van der Waals surface area contributed by atoms with E-state index in [1.54, 1.807) is 13.8 Å². The van der Waals surface area contributed by atoms with Crippen molar-refractivity contribution in [2.24, 2.45) is 5.41 Å². The van der Waals surface area contributed by atoms with Gasteiger partial charge in [-0.2, -0.15) is 0 Å². The summed E-state index contributed by atoms with van der Waals surface area (Å²) in [6.45, 7) is 21.5. The van der Waals surface area contributed by atoms with E-state index >= 15 is 0 Å². The highest BCUT2D eigenvalue weighted by atomic mass is 19.2. The molecule has 0 saturated carbocycles. The summed E-state index contributed by atoms with van der Waals surface area (Å²) in [4.78, 5) is 26.2. The number of ether oxygens (including phenoxy) is 3. The summed E-state index contributed by atoms with van der Waals surface area (Å²) in [7, 11) is 0. The number of carbonyl (C=O) groups is 2. The molecule has 0 heterocycles. The van der Waals surface area contributed by atoms with Crippen molar-refractivity contribution in [3.05, 3.63) is 0 Å². The predicted molar refractivity (Wildman–Crippen MR) is 138 cm³/mol. The van der Waals surface area contributed by atoms with Crippen LogP contribution in [0.5, 0.6) is 0 Å². The summed E-state index contributed by atoms with van der Waals surface area (Å²) in [6.07, 6.45) is 2.22. The van der Waals surface area contributed by atoms with E-state index in [1.165, 1.54) is 0 Å². The van der Waals surface area contributed by atoms with Crippen LogP contribution in [0.25, 0.3) is 0 Å². The van der Waals surface area contributed by atoms with Crippen LogP contribution in [0.15, 0.2) is 0 Å². The van der Waals surface area contributed by atoms with Gasteiger partial charge in [0.05, 0.1) is 32.0 Å². The lowest BCUT2D eigenvalue weighted by atomic mass is 9.98. The molecule has 0 aromatic rings. The first-order valence-electron chi connectivity index (χ1n) is 13.0. The Morgan fingerprint density at radius 3 is 2.00 bits per heavy atom. The van der Waals surface area contributed by atoms with E-state index in [9.17, 15) is 14.1 Å². The zero-order valence-electron chi connectivity index (χ0n) is 23.8. The van der Waals surface area contributed by atoms with Gasteiger partial charge in [-0.25, -0.2) is 4.79 Å². The molecule has 0 rings (SSSR count). The second-order valence-electron chi connectivity index (χ2n) is 11.3. The SMILES string of the molecule is CCN(CC)CCN(F)C(=O)OCCCCCCNC(=O)C(C)(C)OCC(C)(C)OCC(C)(C)C. The molecule has 0 unspecified atom stereocenters. The number of hydrogen-bond donors (Lipinski definition) is 1. The number of hydrogen-bond acceptors (Lipinski definition) is 6. The lowest BCUT2D eigenvalue weighted by Gasteiger charge is -2.33. The molecule has 0 fully saturated rings. The minimum atomic E-state index is -0.958. The molecule has 2 amide bonds. The first-order chi connectivity index (χ1) is 16.1. The van der Waals surface area contributed by atoms with Crippen LogP contribution < -0.4 is 5.32 Å². The van der Waals surface area contributed by atoms with Crippen LogP contribution in [-0.2, 0) is 19.0 Å². The summed E-state index contributed by atoms with van der Waals surface area (Å²) in [5.41, 5.74) is -1.39. The van der Waals surface area contributed by atoms with E-state index in [0.717, 1.165) is 32.4 Å². The number of rotatable bonds is 18. The molecule has 0 aromatic heterocycles. The molecule has 0 aliphatic heterocycles. The maximum Gasteiger partial charge on any atom is 0.438 e. The Kier molecular flexibility index (Phi) is 15.6. The summed E-state index contributed by atoms with van der Waals surface area (Å²) in [6, 6.07) is 0. The fourth-order valence-electron chi connectivity index (χ4n) is 2.96. The average molecular weight is 506 g/mol. The average Bonchev–Trinajstić information content (AvgIpc) is 2.78. The van der Waals surface area contributed by atoms with E-state index in [-0.39, 0.29) is 29.6 Å². The molecule has 0 bridgehead atoms. The molecule has 35 heavy (non-hydrogen) atoms. The van der Waals surface area contributed by atoms with E-state index in [0.29, 0.717) is 32.7 Å². The number of amides is 2. The van der Waals surface area contributed by atoms with Gasteiger partial charge in [0.25, 0.3) is 5.91 Å². The lowest BCUT2D eigenvalue weighted by Crippen LogP contribution is -2.47. The number of nitrogens with one attached hydrogen (secondary N) is 1. The summed E-state index contributed by atoms with van der Waals surface area (Å²) in [5.74, 6) is -0.161. The Bertz CT molecular complexity index is 604. The van der Waals surface area contributed by atoms with Crippen LogP contribution in [0.3, 0.4) is 0 Å². The zero-order valence-corrected chi connectivity index (χ0v) is 23.8. The third-order valence-electron chi connectivity index (χ3n) is 5.51. The van der Waals surface area contributed by atoms with Crippen molar-refractivity contribution in [1.29, 1.82) is 0 Å². The highest BCUT2D eigenvalue weighted by Crippen LogP contribution is 2.21. The molecular formula is C26H52FN3O5. The highest BCUT2D eigenvalue weighted by Gasteiger charge is 2.32. The van der Waals surface area contributed by atoms with E-state index < -0.39 is 17.3 Å². The van der Waals surface area contributed by atoms with Crippen molar-refractivity contribution >= 4 is 12.0 Å². The van der Waals surface area contributed by atoms with Gasteiger partial charge in [-0.15, -0.1) is 5.12 Å². The molecule has 0 spiro atoms. The van der Waals surface area contributed by atoms with Crippen LogP contribution in [0, 0.1) is 5.41 Å². The largest absolute Gasteiger partial charge is 0.448 e. The van der Waals surface area contributed by atoms with Gasteiger partial charge in [0, 0.05) is 13.1 Å². The third-order valence-corrected chi connectivity index (χ3v) is 5.51. The van der Waals surface area contributed by atoms with Gasteiger partial charge in [-0.05, 0) is 65.5 Å². The quantitative estimate of drug-likeness (QED) is 0.209. The molecule has 0 atom stereocenters. The fraction of sp³-hybridized carbons (Fsp3) is 0.923. The third kappa shape index (κ3) is 16.8. The van der Waals surface area contributed by atoms with E-state index in [2.05, 4.69) is 26.1 Å². The van der Waals surface area contributed by atoms with Crippen LogP contribution in [0.2, 0.25) is 0 Å². The van der Waals surface area contributed by atoms with Crippen LogP contribution in [0.1, 0.15) is 88.0 Å². The molecule has 0 radical (unpaired) electrons. The minimum absolute atomic E-state index is 0.00170. The van der Waals surface area contributed by atoms with Crippen LogP contribution in [0.4, 0.5) is 9.28 Å². The summed E-state index contributed by atoms with van der Waals surface area (Å²) >= 11 is 0. The molecule has 0 aromatic carbocycles. The number of nitrogens with zero attached hydrogens (tertiary/aromatic N) is 2. The van der Waals surface area contributed by atoms with Crippen molar-refractivity contribution in [3.8, 4) is 0 Å². The molecule has 0 aliphatic rings.